The van der Waals surface area contributed by atoms with Crippen LogP contribution in [-0.2, 0) is 10.0 Å². The van der Waals surface area contributed by atoms with Crippen molar-refractivity contribution < 1.29 is 22.4 Å². The first-order valence-corrected chi connectivity index (χ1v) is 12.3. The lowest BCUT2D eigenvalue weighted by Gasteiger charge is -2.11. The molecule has 0 fully saturated rings. The Morgan fingerprint density at radius 3 is 2.21 bits per heavy atom. The predicted octanol–water partition coefficient (Wildman–Crippen LogP) is 5.19. The fourth-order valence-electron chi connectivity index (χ4n) is 3.03. The lowest BCUT2D eigenvalue weighted by Crippen LogP contribution is -2.16. The first-order valence-electron chi connectivity index (χ1n) is 9.95. The van der Waals surface area contributed by atoms with Gasteiger partial charge in [-0.1, -0.05) is 30.3 Å². The normalized spacial score (nSPS) is 11.0. The summed E-state index contributed by atoms with van der Waals surface area (Å²) in [5, 5.41) is 7.16. The maximum absolute atomic E-state index is 13.9. The Morgan fingerprint density at radius 1 is 0.765 bits per heavy atom. The number of amides is 2. The van der Waals surface area contributed by atoms with Crippen LogP contribution in [0.1, 0.15) is 20.0 Å². The standard InChI is InChI=1S/C24H18FN3O4S2/c25-20-10-1-2-11-21(20)28-34(31,32)19-9-4-8-18(15-19)26-23(29)16-6-3-7-17(14-16)27-24(30)22-12-5-13-33-22/h1-15,28H,(H,26,29)(H,27,30). The van der Waals surface area contributed by atoms with Gasteiger partial charge in [0.15, 0.2) is 0 Å². The van der Waals surface area contributed by atoms with Crippen molar-refractivity contribution in [1.29, 1.82) is 0 Å². The molecule has 0 aliphatic carbocycles. The quantitative estimate of drug-likeness (QED) is 0.328. The Kier molecular flexibility index (Phi) is 6.71. The average Bonchev–Trinajstić information content (AvgIpc) is 3.36. The zero-order valence-corrected chi connectivity index (χ0v) is 19.1. The molecule has 0 atom stereocenters. The number of hydrogen-bond donors (Lipinski definition) is 3. The Labute approximate surface area is 199 Å². The molecule has 4 aromatic rings. The maximum Gasteiger partial charge on any atom is 0.265 e. The summed E-state index contributed by atoms with van der Waals surface area (Å²) in [5.74, 6) is -1.49. The summed E-state index contributed by atoms with van der Waals surface area (Å²) in [4.78, 5) is 25.4. The Hall–Kier alpha value is -4.02. The van der Waals surface area contributed by atoms with Crippen molar-refractivity contribution in [3.8, 4) is 0 Å². The van der Waals surface area contributed by atoms with E-state index in [1.165, 1.54) is 59.9 Å². The molecule has 1 aromatic heterocycles. The Bertz CT molecular complexity index is 1450. The summed E-state index contributed by atoms with van der Waals surface area (Å²) in [5.41, 5.74) is 0.756. The number of benzene rings is 3. The molecule has 34 heavy (non-hydrogen) atoms. The van der Waals surface area contributed by atoms with Crippen LogP contribution in [0, 0.1) is 5.82 Å². The highest BCUT2D eigenvalue weighted by molar-refractivity contribution is 7.92. The van der Waals surface area contributed by atoms with Crippen molar-refractivity contribution in [2.45, 2.75) is 4.90 Å². The summed E-state index contributed by atoms with van der Waals surface area (Å²) in [6.07, 6.45) is 0. The number of carbonyl (C=O) groups excluding carboxylic acids is 2. The van der Waals surface area contributed by atoms with E-state index in [0.29, 0.717) is 10.6 Å². The van der Waals surface area contributed by atoms with Crippen molar-refractivity contribution in [2.24, 2.45) is 0 Å². The van der Waals surface area contributed by atoms with E-state index < -0.39 is 21.7 Å². The Morgan fingerprint density at radius 2 is 1.47 bits per heavy atom. The number of rotatable bonds is 7. The third kappa shape index (κ3) is 5.48. The minimum atomic E-state index is -4.09. The van der Waals surface area contributed by atoms with Crippen LogP contribution in [0.2, 0.25) is 0 Å². The van der Waals surface area contributed by atoms with Gasteiger partial charge in [0, 0.05) is 16.9 Å². The monoisotopic (exact) mass is 495 g/mol. The molecule has 2 amide bonds. The highest BCUT2D eigenvalue weighted by Crippen LogP contribution is 2.22. The molecule has 0 aliphatic rings. The molecular weight excluding hydrogens is 477 g/mol. The van der Waals surface area contributed by atoms with Crippen LogP contribution in [0.25, 0.3) is 0 Å². The van der Waals surface area contributed by atoms with Gasteiger partial charge in [-0.15, -0.1) is 11.3 Å². The van der Waals surface area contributed by atoms with Crippen molar-refractivity contribution in [1.82, 2.24) is 0 Å². The van der Waals surface area contributed by atoms with Crippen LogP contribution in [-0.4, -0.2) is 20.2 Å². The van der Waals surface area contributed by atoms with Gasteiger partial charge in [-0.3, -0.25) is 14.3 Å². The highest BCUT2D eigenvalue weighted by Gasteiger charge is 2.17. The molecule has 0 unspecified atom stereocenters. The Balaban J connectivity index is 1.48. The topological polar surface area (TPSA) is 104 Å². The summed E-state index contributed by atoms with van der Waals surface area (Å²) in [6, 6.07) is 20.8. The summed E-state index contributed by atoms with van der Waals surface area (Å²) < 4.78 is 41.4. The van der Waals surface area contributed by atoms with Crippen molar-refractivity contribution >= 4 is 50.2 Å². The van der Waals surface area contributed by atoms with Gasteiger partial charge >= 0.3 is 0 Å². The molecule has 0 aliphatic heterocycles. The second kappa shape index (κ2) is 9.86. The van der Waals surface area contributed by atoms with Gasteiger partial charge in [-0.05, 0) is 60.0 Å². The number of thiophene rings is 1. The van der Waals surface area contributed by atoms with Crippen molar-refractivity contribution in [3.63, 3.8) is 0 Å². The maximum atomic E-state index is 13.9. The SMILES string of the molecule is O=C(Nc1cccc(S(=O)(=O)Nc2ccccc2F)c1)c1cccc(NC(=O)c2cccs2)c1. The zero-order chi connectivity index (χ0) is 24.1. The minimum absolute atomic E-state index is 0.148. The van der Waals surface area contributed by atoms with Crippen LogP contribution in [0.4, 0.5) is 21.5 Å². The number of para-hydroxylation sites is 1. The second-order valence-corrected chi connectivity index (χ2v) is 9.71. The van der Waals surface area contributed by atoms with Gasteiger partial charge < -0.3 is 10.6 Å². The van der Waals surface area contributed by atoms with E-state index >= 15 is 0 Å². The van der Waals surface area contributed by atoms with E-state index in [1.807, 2.05) is 0 Å². The number of halogens is 1. The number of carbonyl (C=O) groups is 2. The van der Waals surface area contributed by atoms with Gasteiger partial charge in [0.1, 0.15) is 5.82 Å². The molecule has 10 heteroatoms. The van der Waals surface area contributed by atoms with Crippen LogP contribution >= 0.6 is 11.3 Å². The van der Waals surface area contributed by atoms with Gasteiger partial charge in [0.2, 0.25) is 0 Å². The van der Waals surface area contributed by atoms with Gasteiger partial charge in [-0.2, -0.15) is 0 Å². The van der Waals surface area contributed by atoms with E-state index in [2.05, 4.69) is 15.4 Å². The first kappa shape index (κ1) is 23.1. The predicted molar refractivity (Wildman–Crippen MR) is 130 cm³/mol. The summed E-state index contributed by atoms with van der Waals surface area (Å²) in [7, 11) is -4.09. The number of nitrogens with one attached hydrogen (secondary N) is 3. The lowest BCUT2D eigenvalue weighted by atomic mass is 10.1. The first-order chi connectivity index (χ1) is 16.3. The molecule has 0 saturated carbocycles. The molecule has 0 saturated heterocycles. The molecule has 3 aromatic carbocycles. The fourth-order valence-corrected chi connectivity index (χ4v) is 4.76. The highest BCUT2D eigenvalue weighted by atomic mass is 32.2. The number of sulfonamides is 1. The number of hydrogen-bond acceptors (Lipinski definition) is 5. The second-order valence-electron chi connectivity index (χ2n) is 7.08. The van der Waals surface area contributed by atoms with E-state index in [1.54, 1.807) is 35.7 Å². The largest absolute Gasteiger partial charge is 0.322 e. The fraction of sp³-hybridized carbons (Fsp3) is 0. The average molecular weight is 496 g/mol. The van der Waals surface area contributed by atoms with Crippen molar-refractivity contribution in [3.05, 3.63) is 107 Å². The summed E-state index contributed by atoms with van der Waals surface area (Å²) in [6.45, 7) is 0. The van der Waals surface area contributed by atoms with Gasteiger partial charge in [0.05, 0.1) is 15.5 Å². The van der Waals surface area contributed by atoms with Gasteiger partial charge in [-0.25, -0.2) is 12.8 Å². The molecule has 1 heterocycles. The molecule has 0 spiro atoms. The van der Waals surface area contributed by atoms with E-state index in [4.69, 9.17) is 0 Å². The van der Waals surface area contributed by atoms with E-state index in [-0.39, 0.29) is 27.7 Å². The van der Waals surface area contributed by atoms with Crippen LogP contribution in [0.5, 0.6) is 0 Å². The van der Waals surface area contributed by atoms with Crippen LogP contribution < -0.4 is 15.4 Å². The third-order valence-corrected chi connectivity index (χ3v) is 6.88. The van der Waals surface area contributed by atoms with Crippen molar-refractivity contribution in [2.75, 3.05) is 15.4 Å². The molecule has 172 valence electrons. The third-order valence-electron chi connectivity index (χ3n) is 4.65. The molecule has 0 radical (unpaired) electrons. The molecule has 3 N–H and O–H groups in total. The molecular formula is C24H18FN3O4S2. The molecule has 0 bridgehead atoms. The zero-order valence-electron chi connectivity index (χ0n) is 17.5. The van der Waals surface area contributed by atoms with Crippen LogP contribution in [0.3, 0.4) is 0 Å². The smallest absolute Gasteiger partial charge is 0.265 e. The van der Waals surface area contributed by atoms with E-state index in [9.17, 15) is 22.4 Å². The summed E-state index contributed by atoms with van der Waals surface area (Å²) >= 11 is 1.30. The van der Waals surface area contributed by atoms with Crippen LogP contribution in [0.15, 0.2) is 95.2 Å². The molecule has 7 nitrogen and oxygen atoms in total. The van der Waals surface area contributed by atoms with E-state index in [0.717, 1.165) is 6.07 Å². The van der Waals surface area contributed by atoms with Gasteiger partial charge in [0.25, 0.3) is 21.8 Å². The number of anilines is 3. The lowest BCUT2D eigenvalue weighted by molar-refractivity contribution is 0.101. The molecule has 4 rings (SSSR count). The minimum Gasteiger partial charge on any atom is -0.322 e.